The van der Waals surface area contributed by atoms with Crippen LogP contribution < -0.4 is 14.4 Å². The molecule has 1 saturated heterocycles. The second-order valence-corrected chi connectivity index (χ2v) is 10.7. The first kappa shape index (κ1) is 26.7. The van der Waals surface area contributed by atoms with Gasteiger partial charge in [0, 0.05) is 37.9 Å². The van der Waals surface area contributed by atoms with E-state index in [0.717, 1.165) is 22.0 Å². The zero-order chi connectivity index (χ0) is 27.8. The maximum atomic E-state index is 13.6. The van der Waals surface area contributed by atoms with Crippen molar-refractivity contribution in [1.82, 2.24) is 23.9 Å². The monoisotopic (exact) mass is 562 g/mol. The predicted octanol–water partition coefficient (Wildman–Crippen LogP) is 3.73. The fourth-order valence-corrected chi connectivity index (χ4v) is 6.37. The van der Waals surface area contributed by atoms with E-state index in [0.29, 0.717) is 41.6 Å². The van der Waals surface area contributed by atoms with Crippen molar-refractivity contribution in [1.29, 1.82) is 0 Å². The van der Waals surface area contributed by atoms with Crippen LogP contribution in [0.25, 0.3) is 16.9 Å². The molecule has 1 aliphatic heterocycles. The quantitative estimate of drug-likeness (QED) is 0.351. The van der Waals surface area contributed by atoms with Crippen LogP contribution in [0.5, 0.6) is 11.5 Å². The van der Waals surface area contributed by atoms with Gasteiger partial charge in [-0.3, -0.25) is 0 Å². The van der Waals surface area contributed by atoms with Crippen LogP contribution in [-0.4, -0.2) is 72.7 Å². The highest BCUT2D eigenvalue weighted by Crippen LogP contribution is 2.38. The van der Waals surface area contributed by atoms with E-state index in [4.69, 9.17) is 9.47 Å². The Kier molecular flexibility index (Phi) is 7.07. The molecule has 39 heavy (non-hydrogen) atoms. The lowest BCUT2D eigenvalue weighted by atomic mass is 10.1. The number of methoxy groups -OCH3 is 2. The van der Waals surface area contributed by atoms with Crippen LogP contribution in [0.4, 0.5) is 19.0 Å². The highest BCUT2D eigenvalue weighted by atomic mass is 32.2. The molecule has 2 aromatic carbocycles. The van der Waals surface area contributed by atoms with Crippen LogP contribution in [0.15, 0.2) is 59.9 Å². The van der Waals surface area contributed by atoms with E-state index in [9.17, 15) is 21.6 Å². The molecule has 2 aromatic heterocycles. The third kappa shape index (κ3) is 4.96. The van der Waals surface area contributed by atoms with E-state index in [1.54, 1.807) is 22.8 Å². The van der Waals surface area contributed by atoms with E-state index in [-0.39, 0.29) is 19.6 Å². The number of aromatic nitrogens is 4. The summed E-state index contributed by atoms with van der Waals surface area (Å²) in [4.78, 5) is 9.77. The molecule has 1 fully saturated rings. The molecule has 0 N–H and O–H groups in total. The molecule has 1 aliphatic rings. The standard InChI is InChI=1S/C25H25F3N6O4S/c1-37-20-9-8-17(14-21(20)38-2)18-15-29-24-30-16-31-34(24)23(18)32-10-5-11-33(13-12-32)39(35,36)22-7-4-3-6-19(22)25(26,27)28/h3-4,6-9,14-16H,5,10-13H2,1-2H3. The average Bonchev–Trinajstić information content (AvgIpc) is 3.27. The fraction of sp³-hybridized carbons (Fsp3) is 0.320. The highest BCUT2D eigenvalue weighted by molar-refractivity contribution is 7.89. The summed E-state index contributed by atoms with van der Waals surface area (Å²) in [6, 6.07) is 9.65. The molecule has 4 aromatic rings. The second-order valence-electron chi connectivity index (χ2n) is 8.78. The Morgan fingerprint density at radius 3 is 2.44 bits per heavy atom. The minimum Gasteiger partial charge on any atom is -0.493 e. The molecule has 0 radical (unpaired) electrons. The number of alkyl halides is 3. The average molecular weight is 563 g/mol. The molecular formula is C25H25F3N6O4S. The first-order chi connectivity index (χ1) is 18.6. The lowest BCUT2D eigenvalue weighted by molar-refractivity contribution is -0.139. The van der Waals surface area contributed by atoms with E-state index < -0.39 is 26.7 Å². The Morgan fingerprint density at radius 2 is 1.69 bits per heavy atom. The maximum absolute atomic E-state index is 13.6. The number of rotatable bonds is 6. The number of ether oxygens (including phenoxy) is 2. The molecule has 0 spiro atoms. The van der Waals surface area contributed by atoms with Crippen molar-refractivity contribution in [2.24, 2.45) is 0 Å². The highest BCUT2D eigenvalue weighted by Gasteiger charge is 2.39. The molecule has 0 saturated carbocycles. The minimum atomic E-state index is -4.80. The van der Waals surface area contributed by atoms with Crippen molar-refractivity contribution in [2.45, 2.75) is 17.5 Å². The summed E-state index contributed by atoms with van der Waals surface area (Å²) in [6.45, 7) is 0.652. The van der Waals surface area contributed by atoms with Gasteiger partial charge in [-0.25, -0.2) is 13.4 Å². The van der Waals surface area contributed by atoms with Crippen LogP contribution in [0.2, 0.25) is 0 Å². The van der Waals surface area contributed by atoms with Gasteiger partial charge < -0.3 is 14.4 Å². The number of fused-ring (bicyclic) bond motifs is 1. The summed E-state index contributed by atoms with van der Waals surface area (Å²) in [6.07, 6.45) is -1.41. The van der Waals surface area contributed by atoms with Crippen molar-refractivity contribution in [2.75, 3.05) is 45.3 Å². The molecular weight excluding hydrogens is 537 g/mol. The lowest BCUT2D eigenvalue weighted by Crippen LogP contribution is -2.36. The molecule has 3 heterocycles. The predicted molar refractivity (Wildman–Crippen MR) is 136 cm³/mol. The molecule has 0 unspecified atom stereocenters. The molecule has 206 valence electrons. The Morgan fingerprint density at radius 1 is 0.923 bits per heavy atom. The molecule has 10 nitrogen and oxygen atoms in total. The first-order valence-electron chi connectivity index (χ1n) is 12.0. The summed E-state index contributed by atoms with van der Waals surface area (Å²) in [5.74, 6) is 2.03. The van der Waals surface area contributed by atoms with Gasteiger partial charge in [0.2, 0.25) is 10.0 Å². The van der Waals surface area contributed by atoms with Gasteiger partial charge in [-0.05, 0) is 36.2 Å². The van der Waals surface area contributed by atoms with Crippen molar-refractivity contribution in [3.8, 4) is 22.6 Å². The van der Waals surface area contributed by atoms with Crippen molar-refractivity contribution < 1.29 is 31.1 Å². The van der Waals surface area contributed by atoms with Gasteiger partial charge in [0.15, 0.2) is 11.5 Å². The van der Waals surface area contributed by atoms with Crippen LogP contribution in [-0.2, 0) is 16.2 Å². The Bertz CT molecular complexity index is 1610. The maximum Gasteiger partial charge on any atom is 0.417 e. The minimum absolute atomic E-state index is 0.0294. The van der Waals surface area contributed by atoms with Gasteiger partial charge in [0.05, 0.1) is 24.7 Å². The Hall–Kier alpha value is -3.91. The van der Waals surface area contributed by atoms with Crippen LogP contribution in [0, 0.1) is 0 Å². The summed E-state index contributed by atoms with van der Waals surface area (Å²) >= 11 is 0. The summed E-state index contributed by atoms with van der Waals surface area (Å²) in [5, 5.41) is 4.33. The molecule has 0 amide bonds. The molecule has 5 rings (SSSR count). The van der Waals surface area contributed by atoms with Crippen molar-refractivity contribution in [3.05, 3.63) is 60.6 Å². The number of hydrogen-bond acceptors (Lipinski definition) is 8. The Balaban J connectivity index is 1.51. The molecule has 0 aliphatic carbocycles. The number of sulfonamides is 1. The zero-order valence-electron chi connectivity index (χ0n) is 21.1. The third-order valence-corrected chi connectivity index (χ3v) is 8.50. The topological polar surface area (TPSA) is 102 Å². The lowest BCUT2D eigenvalue weighted by Gasteiger charge is -2.26. The number of anilines is 1. The normalized spacial score (nSPS) is 15.4. The number of hydrogen-bond donors (Lipinski definition) is 0. The van der Waals surface area contributed by atoms with Gasteiger partial charge in [0.1, 0.15) is 12.1 Å². The van der Waals surface area contributed by atoms with Gasteiger partial charge in [-0.15, -0.1) is 0 Å². The van der Waals surface area contributed by atoms with Crippen LogP contribution >= 0.6 is 0 Å². The van der Waals surface area contributed by atoms with Crippen molar-refractivity contribution >= 4 is 21.6 Å². The first-order valence-corrected chi connectivity index (χ1v) is 13.4. The van der Waals surface area contributed by atoms with E-state index >= 15 is 0 Å². The van der Waals surface area contributed by atoms with E-state index in [1.807, 2.05) is 11.0 Å². The summed E-state index contributed by atoms with van der Waals surface area (Å²) < 4.78 is 81.1. The molecule has 0 atom stereocenters. The Labute approximate surface area is 222 Å². The number of nitrogens with zero attached hydrogens (tertiary/aromatic N) is 6. The summed E-state index contributed by atoms with van der Waals surface area (Å²) in [5.41, 5.74) is 0.258. The van der Waals surface area contributed by atoms with E-state index in [2.05, 4.69) is 15.1 Å². The van der Waals surface area contributed by atoms with Gasteiger partial charge in [0.25, 0.3) is 5.78 Å². The van der Waals surface area contributed by atoms with Gasteiger partial charge >= 0.3 is 6.18 Å². The van der Waals surface area contributed by atoms with Crippen LogP contribution in [0.1, 0.15) is 12.0 Å². The van der Waals surface area contributed by atoms with Crippen molar-refractivity contribution in [3.63, 3.8) is 0 Å². The number of benzene rings is 2. The SMILES string of the molecule is COc1ccc(-c2cnc3ncnn3c2N2CCCN(S(=O)(=O)c3ccccc3C(F)(F)F)CC2)cc1OC. The smallest absolute Gasteiger partial charge is 0.417 e. The number of halogens is 3. The third-order valence-electron chi connectivity index (χ3n) is 6.54. The summed E-state index contributed by atoms with van der Waals surface area (Å²) in [7, 11) is -1.34. The fourth-order valence-electron chi connectivity index (χ4n) is 4.69. The zero-order valence-corrected chi connectivity index (χ0v) is 21.9. The van der Waals surface area contributed by atoms with E-state index in [1.165, 1.54) is 32.7 Å². The van der Waals surface area contributed by atoms with Gasteiger partial charge in [-0.1, -0.05) is 18.2 Å². The largest absolute Gasteiger partial charge is 0.493 e. The molecule has 14 heteroatoms. The van der Waals surface area contributed by atoms with Gasteiger partial charge in [-0.2, -0.15) is 32.1 Å². The molecule has 0 bridgehead atoms. The second kappa shape index (κ2) is 10.3. The van der Waals surface area contributed by atoms with Crippen LogP contribution in [0.3, 0.4) is 0 Å².